The number of aryl methyl sites for hydroxylation is 1. The van der Waals surface area contributed by atoms with Crippen molar-refractivity contribution in [2.75, 3.05) is 18.8 Å². The molecule has 1 aliphatic heterocycles. The van der Waals surface area contributed by atoms with Crippen molar-refractivity contribution in [2.45, 2.75) is 32.8 Å². The molecule has 0 saturated carbocycles. The number of carbonyl (C=O) groups is 1. The van der Waals surface area contributed by atoms with Crippen LogP contribution in [0.4, 0.5) is 5.82 Å². The number of hydrogen-bond donors (Lipinski definition) is 4. The Morgan fingerprint density at radius 1 is 1.28 bits per heavy atom. The van der Waals surface area contributed by atoms with Crippen molar-refractivity contribution in [3.63, 3.8) is 0 Å². The van der Waals surface area contributed by atoms with E-state index in [0.717, 1.165) is 31.5 Å². The van der Waals surface area contributed by atoms with Crippen LogP contribution in [0.3, 0.4) is 0 Å². The molecule has 166 valence electrons. The summed E-state index contributed by atoms with van der Waals surface area (Å²) in [5.41, 5.74) is 15.3. The number of nitrogens with zero attached hydrogens (tertiary/aromatic N) is 2. The summed E-state index contributed by atoms with van der Waals surface area (Å²) in [6.07, 6.45) is 3.27. The van der Waals surface area contributed by atoms with Crippen molar-refractivity contribution in [3.05, 3.63) is 41.2 Å². The van der Waals surface area contributed by atoms with Gasteiger partial charge in [0.1, 0.15) is 17.7 Å². The Morgan fingerprint density at radius 2 is 2.03 bits per heavy atom. The Balaban J connectivity index is 1.85. The van der Waals surface area contributed by atoms with Crippen LogP contribution in [0.2, 0.25) is 0 Å². The number of phenols is 1. The van der Waals surface area contributed by atoms with Crippen molar-refractivity contribution in [2.24, 2.45) is 5.73 Å². The molecule has 0 unspecified atom stereocenters. The Labute approximate surface area is 183 Å². The molecular formula is C23H25N5O4. The second-order valence-electron chi connectivity index (χ2n) is 8.18. The van der Waals surface area contributed by atoms with Gasteiger partial charge in [-0.2, -0.15) is 4.98 Å². The highest BCUT2D eigenvalue weighted by Gasteiger charge is 2.29. The molecule has 1 amide bonds. The van der Waals surface area contributed by atoms with Gasteiger partial charge in [-0.15, -0.1) is 0 Å². The predicted octanol–water partition coefficient (Wildman–Crippen LogP) is 2.91. The minimum Gasteiger partial charge on any atom is -0.508 e. The topological polar surface area (TPSA) is 142 Å². The Morgan fingerprint density at radius 3 is 2.75 bits per heavy atom. The molecule has 1 fully saturated rings. The maximum atomic E-state index is 12.5. The fraction of sp³-hybridized carbons (Fsp3) is 0.304. The van der Waals surface area contributed by atoms with E-state index >= 15 is 0 Å². The Hall–Kier alpha value is -3.72. The van der Waals surface area contributed by atoms with Crippen LogP contribution >= 0.6 is 0 Å². The number of anilines is 1. The summed E-state index contributed by atoms with van der Waals surface area (Å²) < 4.78 is 13.7. The number of hydrogen-bond acceptors (Lipinski definition) is 7. The number of aromatic hydroxyl groups is 1. The van der Waals surface area contributed by atoms with E-state index in [2.05, 4.69) is 5.32 Å². The smallest absolute Gasteiger partial charge is 0.253 e. The molecular weight excluding hydrogens is 410 g/mol. The predicted molar refractivity (Wildman–Crippen MR) is 121 cm³/mol. The van der Waals surface area contributed by atoms with E-state index in [-0.39, 0.29) is 23.2 Å². The van der Waals surface area contributed by atoms with Gasteiger partial charge in [0, 0.05) is 5.56 Å². The summed E-state index contributed by atoms with van der Waals surface area (Å²) in [4.78, 5) is 17.3. The monoisotopic (exact) mass is 435 g/mol. The SMILES string of the molecule is Cc1ccc(O)c(C)c1-n1c(N)c(C(N)=O)c2c3occc3c(OC3CCNCC3)nc21. The molecule has 9 nitrogen and oxygen atoms in total. The van der Waals surface area contributed by atoms with Crippen molar-refractivity contribution < 1.29 is 19.1 Å². The van der Waals surface area contributed by atoms with Gasteiger partial charge in [0.05, 0.1) is 28.3 Å². The summed E-state index contributed by atoms with van der Waals surface area (Å²) in [6.45, 7) is 5.43. The van der Waals surface area contributed by atoms with Crippen molar-refractivity contribution in [1.29, 1.82) is 0 Å². The van der Waals surface area contributed by atoms with Crippen LogP contribution < -0.4 is 21.5 Å². The molecule has 4 heterocycles. The number of ether oxygens (including phenoxy) is 1. The lowest BCUT2D eigenvalue weighted by molar-refractivity contribution is 0.100. The van der Waals surface area contributed by atoms with E-state index in [1.165, 1.54) is 6.26 Å². The van der Waals surface area contributed by atoms with Crippen LogP contribution in [0.15, 0.2) is 28.9 Å². The Kier molecular flexibility index (Phi) is 4.70. The molecule has 1 aromatic carbocycles. The lowest BCUT2D eigenvalue weighted by atomic mass is 10.1. The average Bonchev–Trinajstić information content (AvgIpc) is 3.36. The molecule has 0 radical (unpaired) electrons. The highest BCUT2D eigenvalue weighted by Crippen LogP contribution is 2.41. The average molecular weight is 435 g/mol. The quantitative estimate of drug-likeness (QED) is 0.386. The number of amides is 1. The van der Waals surface area contributed by atoms with Gasteiger partial charge in [-0.1, -0.05) is 6.07 Å². The van der Waals surface area contributed by atoms with Crippen molar-refractivity contribution in [1.82, 2.24) is 14.9 Å². The zero-order valence-corrected chi connectivity index (χ0v) is 17.9. The summed E-state index contributed by atoms with van der Waals surface area (Å²) in [5.74, 6) is -0.0298. The summed E-state index contributed by atoms with van der Waals surface area (Å²) in [7, 11) is 0. The zero-order valence-electron chi connectivity index (χ0n) is 17.9. The van der Waals surface area contributed by atoms with E-state index in [9.17, 15) is 9.90 Å². The number of rotatable bonds is 4. The molecule has 3 aromatic heterocycles. The van der Waals surface area contributed by atoms with E-state index in [4.69, 9.17) is 25.6 Å². The molecule has 4 aromatic rings. The highest BCUT2D eigenvalue weighted by atomic mass is 16.5. The van der Waals surface area contributed by atoms with Crippen LogP contribution in [-0.4, -0.2) is 39.8 Å². The first-order valence-corrected chi connectivity index (χ1v) is 10.6. The largest absolute Gasteiger partial charge is 0.508 e. The first-order chi connectivity index (χ1) is 15.4. The third-order valence-electron chi connectivity index (χ3n) is 6.15. The number of fused-ring (bicyclic) bond motifs is 3. The third-order valence-corrected chi connectivity index (χ3v) is 6.15. The van der Waals surface area contributed by atoms with Gasteiger partial charge in [-0.05, 0) is 57.5 Å². The van der Waals surface area contributed by atoms with Crippen molar-refractivity contribution >= 4 is 33.7 Å². The molecule has 0 aliphatic carbocycles. The van der Waals surface area contributed by atoms with Gasteiger partial charge in [-0.3, -0.25) is 9.36 Å². The second-order valence-corrected chi connectivity index (χ2v) is 8.18. The van der Waals surface area contributed by atoms with Crippen molar-refractivity contribution in [3.8, 4) is 17.3 Å². The molecule has 5 rings (SSSR count). The van der Waals surface area contributed by atoms with Gasteiger partial charge >= 0.3 is 0 Å². The molecule has 0 atom stereocenters. The minimum atomic E-state index is -0.687. The number of primary amides is 1. The number of nitrogen functional groups attached to an aromatic ring is 1. The highest BCUT2D eigenvalue weighted by molar-refractivity contribution is 6.19. The second kappa shape index (κ2) is 7.45. The maximum absolute atomic E-state index is 12.5. The van der Waals surface area contributed by atoms with Gasteiger partial charge < -0.3 is 31.0 Å². The molecule has 0 bridgehead atoms. The Bertz CT molecular complexity index is 1360. The normalized spacial score (nSPS) is 14.9. The number of carbonyl (C=O) groups excluding carboxylic acids is 1. The molecule has 6 N–H and O–H groups in total. The first kappa shape index (κ1) is 20.2. The van der Waals surface area contributed by atoms with Crippen LogP contribution in [0.1, 0.15) is 34.3 Å². The molecule has 0 spiro atoms. The lowest BCUT2D eigenvalue weighted by Crippen LogP contribution is -2.34. The van der Waals surface area contributed by atoms with Gasteiger partial charge in [0.2, 0.25) is 5.88 Å². The number of nitrogens with two attached hydrogens (primary N) is 2. The standard InChI is InChI=1S/C23H25N5O4/c1-11-3-4-15(29)12(2)18(11)28-20(24)17(21(25)30)16-19-14(7-10-31-19)23(27-22(16)28)32-13-5-8-26-9-6-13/h3-4,7,10,13,26,29H,5-6,8-9,24H2,1-2H3,(H2,25,30). The molecule has 9 heteroatoms. The fourth-order valence-electron chi connectivity index (χ4n) is 4.53. The van der Waals surface area contributed by atoms with E-state index in [1.807, 2.05) is 6.92 Å². The molecule has 1 aliphatic rings. The van der Waals surface area contributed by atoms with E-state index in [0.29, 0.717) is 39.1 Å². The van der Waals surface area contributed by atoms with Crippen LogP contribution in [0.5, 0.6) is 11.6 Å². The summed E-state index contributed by atoms with van der Waals surface area (Å²) >= 11 is 0. The molecule has 1 saturated heterocycles. The lowest BCUT2D eigenvalue weighted by Gasteiger charge is -2.23. The van der Waals surface area contributed by atoms with E-state index in [1.54, 1.807) is 29.7 Å². The number of nitrogens with one attached hydrogen (secondary N) is 1. The number of phenolic OH excluding ortho intramolecular Hbond substituents is 1. The molecule has 32 heavy (non-hydrogen) atoms. The van der Waals surface area contributed by atoms with Gasteiger partial charge in [-0.25, -0.2) is 0 Å². The number of furan rings is 1. The summed E-state index contributed by atoms with van der Waals surface area (Å²) in [6, 6.07) is 5.17. The number of aromatic nitrogens is 2. The minimum absolute atomic E-state index is 0.0138. The third kappa shape index (κ3) is 2.96. The number of benzene rings is 1. The van der Waals surface area contributed by atoms with Crippen LogP contribution in [-0.2, 0) is 0 Å². The van der Waals surface area contributed by atoms with Gasteiger partial charge in [0.25, 0.3) is 5.91 Å². The number of pyridine rings is 1. The van der Waals surface area contributed by atoms with E-state index < -0.39 is 5.91 Å². The maximum Gasteiger partial charge on any atom is 0.253 e. The summed E-state index contributed by atoms with van der Waals surface area (Å²) in [5, 5.41) is 14.8. The zero-order chi connectivity index (χ0) is 22.6. The van der Waals surface area contributed by atoms with Gasteiger partial charge in [0.15, 0.2) is 11.2 Å². The van der Waals surface area contributed by atoms with Crippen LogP contribution in [0.25, 0.3) is 27.7 Å². The van der Waals surface area contributed by atoms with Crippen LogP contribution in [0, 0.1) is 13.8 Å². The first-order valence-electron chi connectivity index (χ1n) is 10.6. The number of piperidine rings is 1. The fourth-order valence-corrected chi connectivity index (χ4v) is 4.53.